The lowest BCUT2D eigenvalue weighted by atomic mass is 9.79. The Morgan fingerprint density at radius 2 is 1.81 bits per heavy atom. The van der Waals surface area contributed by atoms with Crippen molar-refractivity contribution in [3.8, 4) is 0 Å². The predicted molar refractivity (Wildman–Crippen MR) is 85.7 cm³/mol. The molecule has 1 aromatic heterocycles. The molecular formula is C16H23BN2O2. The lowest BCUT2D eigenvalue weighted by Gasteiger charge is -2.32. The summed E-state index contributed by atoms with van der Waals surface area (Å²) in [4.78, 5) is 0. The molecule has 1 fully saturated rings. The third-order valence-electron chi connectivity index (χ3n) is 4.63. The van der Waals surface area contributed by atoms with Gasteiger partial charge in [-0.05, 0) is 45.6 Å². The molecule has 0 spiro atoms. The van der Waals surface area contributed by atoms with Crippen molar-refractivity contribution in [3.63, 3.8) is 0 Å². The fraction of sp³-hybridized carbons (Fsp3) is 0.562. The molecule has 0 radical (unpaired) electrons. The fourth-order valence-electron chi connectivity index (χ4n) is 2.62. The van der Waals surface area contributed by atoms with E-state index in [1.165, 1.54) is 0 Å². The number of aromatic nitrogens is 2. The van der Waals surface area contributed by atoms with Crippen LogP contribution >= 0.6 is 0 Å². The summed E-state index contributed by atoms with van der Waals surface area (Å²) < 4.78 is 14.3. The van der Waals surface area contributed by atoms with Crippen molar-refractivity contribution < 1.29 is 9.31 Å². The van der Waals surface area contributed by atoms with Crippen LogP contribution in [0.15, 0.2) is 24.4 Å². The molecule has 0 atom stereocenters. The van der Waals surface area contributed by atoms with E-state index in [0.717, 1.165) is 29.3 Å². The Labute approximate surface area is 126 Å². The van der Waals surface area contributed by atoms with Crippen molar-refractivity contribution in [2.75, 3.05) is 0 Å². The molecule has 5 heteroatoms. The molecule has 21 heavy (non-hydrogen) atoms. The van der Waals surface area contributed by atoms with Gasteiger partial charge in [-0.2, -0.15) is 5.10 Å². The van der Waals surface area contributed by atoms with Gasteiger partial charge in [0.2, 0.25) is 0 Å². The molecule has 2 aromatic rings. The summed E-state index contributed by atoms with van der Waals surface area (Å²) in [6.45, 7) is 11.4. The molecule has 0 aliphatic carbocycles. The van der Waals surface area contributed by atoms with E-state index >= 15 is 0 Å². The highest BCUT2D eigenvalue weighted by Gasteiger charge is 2.51. The number of nitrogens with zero attached hydrogens (tertiary/aromatic N) is 2. The molecule has 3 rings (SSSR count). The predicted octanol–water partition coefficient (Wildman–Crippen LogP) is 2.75. The van der Waals surface area contributed by atoms with Gasteiger partial charge in [0.25, 0.3) is 0 Å². The zero-order chi connectivity index (χ0) is 15.3. The van der Waals surface area contributed by atoms with Gasteiger partial charge in [0.05, 0.1) is 22.9 Å². The topological polar surface area (TPSA) is 36.3 Å². The lowest BCUT2D eigenvalue weighted by Crippen LogP contribution is -2.41. The van der Waals surface area contributed by atoms with Gasteiger partial charge < -0.3 is 9.31 Å². The van der Waals surface area contributed by atoms with Crippen LogP contribution in [0.3, 0.4) is 0 Å². The molecule has 1 aliphatic heterocycles. The molecule has 1 aliphatic rings. The molecular weight excluding hydrogens is 263 g/mol. The van der Waals surface area contributed by atoms with Crippen molar-refractivity contribution in [2.24, 2.45) is 0 Å². The second kappa shape index (κ2) is 4.85. The first kappa shape index (κ1) is 14.6. The summed E-state index contributed by atoms with van der Waals surface area (Å²) in [6, 6.07) is 6.31. The zero-order valence-corrected chi connectivity index (χ0v) is 13.5. The molecule has 2 heterocycles. The summed E-state index contributed by atoms with van der Waals surface area (Å²) >= 11 is 0. The quantitative estimate of drug-likeness (QED) is 0.814. The highest BCUT2D eigenvalue weighted by Crippen LogP contribution is 2.36. The minimum Gasteiger partial charge on any atom is -0.399 e. The minimum atomic E-state index is -0.311. The van der Waals surface area contributed by atoms with Gasteiger partial charge in [0.1, 0.15) is 0 Å². The van der Waals surface area contributed by atoms with Crippen LogP contribution in [-0.2, 0) is 15.9 Å². The van der Waals surface area contributed by atoms with Crippen LogP contribution in [0.2, 0.25) is 0 Å². The van der Waals surface area contributed by atoms with Crippen molar-refractivity contribution in [1.29, 1.82) is 0 Å². The van der Waals surface area contributed by atoms with Crippen LogP contribution in [0.25, 0.3) is 10.9 Å². The first-order chi connectivity index (χ1) is 9.84. The first-order valence-electron chi connectivity index (χ1n) is 7.65. The Kier molecular flexibility index (Phi) is 3.37. The van der Waals surface area contributed by atoms with Gasteiger partial charge in [0.15, 0.2) is 0 Å². The second-order valence-electron chi connectivity index (χ2n) is 6.77. The van der Waals surface area contributed by atoms with E-state index < -0.39 is 0 Å². The second-order valence-corrected chi connectivity index (χ2v) is 6.77. The summed E-state index contributed by atoms with van der Waals surface area (Å²) in [5.41, 5.74) is 1.60. The number of rotatable bonds is 3. The van der Waals surface area contributed by atoms with Gasteiger partial charge in [0, 0.05) is 11.9 Å². The SMILES string of the molecule is CCCn1ncc2cc(B3OC(C)(C)C(C)(C)O3)ccc21. The van der Waals surface area contributed by atoms with E-state index in [1.54, 1.807) is 0 Å². The molecule has 0 bridgehead atoms. The Morgan fingerprint density at radius 3 is 2.43 bits per heavy atom. The largest absolute Gasteiger partial charge is 0.494 e. The number of aryl methyl sites for hydroxylation is 1. The van der Waals surface area contributed by atoms with Crippen LogP contribution in [0, 0.1) is 0 Å². The lowest BCUT2D eigenvalue weighted by molar-refractivity contribution is 0.00578. The third-order valence-corrected chi connectivity index (χ3v) is 4.63. The number of hydrogen-bond donors (Lipinski definition) is 0. The van der Waals surface area contributed by atoms with E-state index in [9.17, 15) is 0 Å². The Balaban J connectivity index is 1.92. The van der Waals surface area contributed by atoms with E-state index in [1.807, 2.05) is 10.9 Å². The van der Waals surface area contributed by atoms with Gasteiger partial charge >= 0.3 is 7.12 Å². The normalized spacial score (nSPS) is 20.3. The maximum atomic E-state index is 6.10. The van der Waals surface area contributed by atoms with Gasteiger partial charge in [-0.3, -0.25) is 4.68 Å². The van der Waals surface area contributed by atoms with E-state index in [2.05, 4.69) is 57.9 Å². The monoisotopic (exact) mass is 286 g/mol. The average molecular weight is 286 g/mol. The molecule has 112 valence electrons. The number of benzene rings is 1. The molecule has 0 N–H and O–H groups in total. The first-order valence-corrected chi connectivity index (χ1v) is 7.65. The standard InChI is InChI=1S/C16H23BN2O2/c1-6-9-19-14-8-7-13(10-12(14)11-18-19)17-20-15(2,3)16(4,5)21-17/h7-8,10-11H,6,9H2,1-5H3. The Hall–Kier alpha value is -1.33. The van der Waals surface area contributed by atoms with E-state index in [0.29, 0.717) is 0 Å². The van der Waals surface area contributed by atoms with Gasteiger partial charge in [-0.15, -0.1) is 0 Å². The van der Waals surface area contributed by atoms with E-state index in [-0.39, 0.29) is 18.3 Å². The maximum Gasteiger partial charge on any atom is 0.494 e. The van der Waals surface area contributed by atoms with Crippen LogP contribution in [0.5, 0.6) is 0 Å². The third kappa shape index (κ3) is 2.38. The Morgan fingerprint density at radius 1 is 1.14 bits per heavy atom. The number of hydrogen-bond acceptors (Lipinski definition) is 3. The molecule has 0 saturated carbocycles. The Bertz CT molecular complexity index is 647. The summed E-state index contributed by atoms with van der Waals surface area (Å²) in [5, 5.41) is 5.58. The summed E-state index contributed by atoms with van der Waals surface area (Å²) in [6.07, 6.45) is 3.00. The van der Waals surface area contributed by atoms with Crippen molar-refractivity contribution in [1.82, 2.24) is 9.78 Å². The fourth-order valence-corrected chi connectivity index (χ4v) is 2.62. The van der Waals surface area contributed by atoms with Crippen LogP contribution in [-0.4, -0.2) is 28.1 Å². The average Bonchev–Trinajstić information content (AvgIpc) is 2.89. The smallest absolute Gasteiger partial charge is 0.399 e. The van der Waals surface area contributed by atoms with Gasteiger partial charge in [-0.25, -0.2) is 0 Å². The molecule has 1 aromatic carbocycles. The van der Waals surface area contributed by atoms with Crippen LogP contribution in [0.4, 0.5) is 0 Å². The molecule has 1 saturated heterocycles. The zero-order valence-electron chi connectivity index (χ0n) is 13.5. The highest BCUT2D eigenvalue weighted by molar-refractivity contribution is 6.62. The van der Waals surface area contributed by atoms with Crippen molar-refractivity contribution in [2.45, 2.75) is 58.8 Å². The van der Waals surface area contributed by atoms with Crippen molar-refractivity contribution >= 4 is 23.5 Å². The van der Waals surface area contributed by atoms with Crippen LogP contribution in [0.1, 0.15) is 41.0 Å². The highest BCUT2D eigenvalue weighted by atomic mass is 16.7. The van der Waals surface area contributed by atoms with Crippen molar-refractivity contribution in [3.05, 3.63) is 24.4 Å². The maximum absolute atomic E-state index is 6.10. The molecule has 0 unspecified atom stereocenters. The summed E-state index contributed by atoms with van der Waals surface area (Å²) in [5.74, 6) is 0. The van der Waals surface area contributed by atoms with E-state index in [4.69, 9.17) is 9.31 Å². The molecule has 4 nitrogen and oxygen atoms in total. The minimum absolute atomic E-state index is 0.307. The van der Waals surface area contributed by atoms with Gasteiger partial charge in [-0.1, -0.05) is 19.1 Å². The number of fused-ring (bicyclic) bond motifs is 1. The summed E-state index contributed by atoms with van der Waals surface area (Å²) in [7, 11) is -0.311. The molecule has 0 amide bonds. The van der Waals surface area contributed by atoms with Crippen LogP contribution < -0.4 is 5.46 Å².